The van der Waals surface area contributed by atoms with Crippen LogP contribution in [0.3, 0.4) is 0 Å². The van der Waals surface area contributed by atoms with E-state index in [1.165, 1.54) is 5.56 Å². The van der Waals surface area contributed by atoms with Gasteiger partial charge in [-0.2, -0.15) is 4.98 Å². The number of amides is 1. The zero-order chi connectivity index (χ0) is 19.7. The molecule has 6 nitrogen and oxygen atoms in total. The van der Waals surface area contributed by atoms with Crippen molar-refractivity contribution in [3.8, 4) is 0 Å². The van der Waals surface area contributed by atoms with E-state index in [0.717, 1.165) is 50.3 Å². The molecule has 28 heavy (non-hydrogen) atoms. The van der Waals surface area contributed by atoms with Crippen molar-refractivity contribution in [1.29, 1.82) is 0 Å². The molecule has 1 amide bonds. The smallest absolute Gasteiger partial charge is 0.253 e. The van der Waals surface area contributed by atoms with Gasteiger partial charge in [0.15, 0.2) is 5.82 Å². The highest BCUT2D eigenvalue weighted by atomic mass is 16.5. The first-order chi connectivity index (χ1) is 13.4. The highest BCUT2D eigenvalue weighted by Crippen LogP contribution is 2.30. The van der Waals surface area contributed by atoms with Gasteiger partial charge < -0.3 is 14.2 Å². The lowest BCUT2D eigenvalue weighted by molar-refractivity contribution is 0.0704. The number of ether oxygens (including phenoxy) is 1. The molecule has 0 aliphatic carbocycles. The second kappa shape index (κ2) is 7.66. The van der Waals surface area contributed by atoms with Crippen molar-refractivity contribution in [2.24, 2.45) is 0 Å². The number of benzene rings is 1. The summed E-state index contributed by atoms with van der Waals surface area (Å²) in [5.41, 5.74) is 2.09. The number of carbonyl (C=O) groups is 1. The molecule has 1 unspecified atom stereocenters. The number of carbonyl (C=O) groups excluding carboxylic acids is 1. The van der Waals surface area contributed by atoms with E-state index >= 15 is 0 Å². The first-order valence-electron chi connectivity index (χ1n) is 10.2. The van der Waals surface area contributed by atoms with Gasteiger partial charge in [0, 0.05) is 37.1 Å². The van der Waals surface area contributed by atoms with Crippen LogP contribution in [0, 0.1) is 0 Å². The SMILES string of the molecule is CC(C)(C)c1ccc(C(=O)N2CCC(c3nc(C4CCOC4)no3)CC2)cc1. The standard InChI is InChI=1S/C22H29N3O3/c1-22(2,3)18-6-4-16(5-7-18)21(26)25-11-8-15(9-12-25)20-23-19(24-28-20)17-10-13-27-14-17/h4-7,15,17H,8-14H2,1-3H3. The van der Waals surface area contributed by atoms with Gasteiger partial charge in [-0.05, 0) is 42.4 Å². The second-order valence-electron chi connectivity index (χ2n) is 8.95. The first kappa shape index (κ1) is 19.1. The summed E-state index contributed by atoms with van der Waals surface area (Å²) in [5, 5.41) is 4.16. The van der Waals surface area contributed by atoms with E-state index in [1.54, 1.807) is 0 Å². The molecule has 0 radical (unpaired) electrons. The number of rotatable bonds is 3. The van der Waals surface area contributed by atoms with Crippen molar-refractivity contribution in [2.45, 2.75) is 57.3 Å². The lowest BCUT2D eigenvalue weighted by Crippen LogP contribution is -2.38. The van der Waals surface area contributed by atoms with Crippen molar-refractivity contribution >= 4 is 5.91 Å². The predicted octanol–water partition coefficient (Wildman–Crippen LogP) is 3.89. The monoisotopic (exact) mass is 383 g/mol. The summed E-state index contributed by atoms with van der Waals surface area (Å²) in [6.07, 6.45) is 2.67. The normalized spacial score (nSPS) is 21.2. The molecule has 2 aliphatic rings. The third-order valence-electron chi connectivity index (χ3n) is 5.88. The Morgan fingerprint density at radius 3 is 2.39 bits per heavy atom. The van der Waals surface area contributed by atoms with Crippen LogP contribution in [0.25, 0.3) is 0 Å². The average molecular weight is 383 g/mol. The van der Waals surface area contributed by atoms with E-state index < -0.39 is 0 Å². The largest absolute Gasteiger partial charge is 0.381 e. The Morgan fingerprint density at radius 1 is 1.07 bits per heavy atom. The van der Waals surface area contributed by atoms with Gasteiger partial charge in [0.25, 0.3) is 5.91 Å². The molecule has 150 valence electrons. The van der Waals surface area contributed by atoms with Gasteiger partial charge in [-0.1, -0.05) is 38.1 Å². The minimum atomic E-state index is 0.0907. The average Bonchev–Trinajstić information content (AvgIpc) is 3.38. The van der Waals surface area contributed by atoms with Crippen LogP contribution >= 0.6 is 0 Å². The quantitative estimate of drug-likeness (QED) is 0.804. The van der Waals surface area contributed by atoms with Gasteiger partial charge in [-0.25, -0.2) is 0 Å². The van der Waals surface area contributed by atoms with Crippen molar-refractivity contribution < 1.29 is 14.1 Å². The molecule has 0 bridgehead atoms. The molecule has 6 heteroatoms. The van der Waals surface area contributed by atoms with E-state index in [4.69, 9.17) is 9.26 Å². The van der Waals surface area contributed by atoms with Crippen LogP contribution in [0.2, 0.25) is 0 Å². The first-order valence-corrected chi connectivity index (χ1v) is 10.2. The van der Waals surface area contributed by atoms with Gasteiger partial charge >= 0.3 is 0 Å². The molecule has 4 rings (SSSR count). The van der Waals surface area contributed by atoms with E-state index in [-0.39, 0.29) is 23.2 Å². The summed E-state index contributed by atoms with van der Waals surface area (Å²) in [4.78, 5) is 19.4. The molecule has 1 atom stereocenters. The number of piperidine rings is 1. The predicted molar refractivity (Wildman–Crippen MR) is 105 cm³/mol. The number of hydrogen-bond donors (Lipinski definition) is 0. The van der Waals surface area contributed by atoms with Gasteiger partial charge in [-0.3, -0.25) is 4.79 Å². The fraction of sp³-hybridized carbons (Fsp3) is 0.591. The van der Waals surface area contributed by atoms with Crippen molar-refractivity contribution in [3.05, 3.63) is 47.1 Å². The van der Waals surface area contributed by atoms with Crippen LogP contribution in [0.5, 0.6) is 0 Å². The third-order valence-corrected chi connectivity index (χ3v) is 5.88. The molecule has 1 aromatic carbocycles. The lowest BCUT2D eigenvalue weighted by atomic mass is 9.86. The maximum atomic E-state index is 12.8. The van der Waals surface area contributed by atoms with E-state index in [0.29, 0.717) is 12.5 Å². The maximum Gasteiger partial charge on any atom is 0.253 e. The molecule has 1 aromatic heterocycles. The Morgan fingerprint density at radius 2 is 1.79 bits per heavy atom. The van der Waals surface area contributed by atoms with E-state index in [2.05, 4.69) is 43.0 Å². The molecular formula is C22H29N3O3. The van der Waals surface area contributed by atoms with Gasteiger partial charge in [0.05, 0.1) is 6.61 Å². The van der Waals surface area contributed by atoms with Crippen LogP contribution in [0.15, 0.2) is 28.8 Å². The zero-order valence-electron chi connectivity index (χ0n) is 17.0. The van der Waals surface area contributed by atoms with Gasteiger partial charge in [0.2, 0.25) is 5.89 Å². The van der Waals surface area contributed by atoms with E-state index in [1.807, 2.05) is 17.0 Å². The zero-order valence-corrected chi connectivity index (χ0v) is 17.0. The number of likely N-dealkylation sites (tertiary alicyclic amines) is 1. The molecule has 0 spiro atoms. The van der Waals surface area contributed by atoms with Gasteiger partial charge in [-0.15, -0.1) is 0 Å². The van der Waals surface area contributed by atoms with Gasteiger partial charge in [0.1, 0.15) is 0 Å². The summed E-state index contributed by atoms with van der Waals surface area (Å²) in [7, 11) is 0. The number of aromatic nitrogens is 2. The lowest BCUT2D eigenvalue weighted by Gasteiger charge is -2.30. The maximum absolute atomic E-state index is 12.8. The minimum Gasteiger partial charge on any atom is -0.381 e. The van der Waals surface area contributed by atoms with Crippen LogP contribution in [-0.4, -0.2) is 47.3 Å². The molecule has 0 N–H and O–H groups in total. The van der Waals surface area contributed by atoms with E-state index in [9.17, 15) is 4.79 Å². The third kappa shape index (κ3) is 3.97. The second-order valence-corrected chi connectivity index (χ2v) is 8.95. The van der Waals surface area contributed by atoms with Crippen LogP contribution in [-0.2, 0) is 10.2 Å². The van der Waals surface area contributed by atoms with Crippen molar-refractivity contribution in [2.75, 3.05) is 26.3 Å². The summed E-state index contributed by atoms with van der Waals surface area (Å²) in [5.74, 6) is 2.08. The van der Waals surface area contributed by atoms with Crippen LogP contribution < -0.4 is 0 Å². The van der Waals surface area contributed by atoms with Crippen molar-refractivity contribution in [3.63, 3.8) is 0 Å². The molecule has 2 aromatic rings. The summed E-state index contributed by atoms with van der Waals surface area (Å²) in [6.45, 7) is 9.42. The van der Waals surface area contributed by atoms with Crippen LogP contribution in [0.4, 0.5) is 0 Å². The topological polar surface area (TPSA) is 68.5 Å². The fourth-order valence-corrected chi connectivity index (χ4v) is 3.94. The summed E-state index contributed by atoms with van der Waals surface area (Å²) >= 11 is 0. The Labute approximate surface area is 166 Å². The molecule has 3 heterocycles. The Balaban J connectivity index is 1.35. The molecular weight excluding hydrogens is 354 g/mol. The highest BCUT2D eigenvalue weighted by Gasteiger charge is 2.30. The molecule has 0 saturated carbocycles. The fourth-order valence-electron chi connectivity index (χ4n) is 3.94. The Bertz CT molecular complexity index is 808. The molecule has 2 aliphatic heterocycles. The Kier molecular flexibility index (Phi) is 5.23. The molecule has 2 fully saturated rings. The van der Waals surface area contributed by atoms with Crippen molar-refractivity contribution in [1.82, 2.24) is 15.0 Å². The summed E-state index contributed by atoms with van der Waals surface area (Å²) < 4.78 is 10.9. The van der Waals surface area contributed by atoms with Crippen LogP contribution in [0.1, 0.15) is 79.5 Å². The number of hydrogen-bond acceptors (Lipinski definition) is 5. The molecule has 2 saturated heterocycles. The minimum absolute atomic E-state index is 0.0907. The Hall–Kier alpha value is -2.21. The highest BCUT2D eigenvalue weighted by molar-refractivity contribution is 5.94. The number of nitrogens with zero attached hydrogens (tertiary/aromatic N) is 3. The summed E-state index contributed by atoms with van der Waals surface area (Å²) in [6, 6.07) is 8.02.